The maximum Gasteiger partial charge on any atom is 0.361 e. The molecule has 3 aliphatic rings. The van der Waals surface area contributed by atoms with Gasteiger partial charge < -0.3 is 19.4 Å². The van der Waals surface area contributed by atoms with Crippen LogP contribution in [0.15, 0.2) is 36.4 Å². The molecule has 230 valence electrons. The average molecular weight is 629 g/mol. The lowest BCUT2D eigenvalue weighted by Gasteiger charge is -2.37. The predicted octanol–water partition coefficient (Wildman–Crippen LogP) is 3.80. The van der Waals surface area contributed by atoms with Crippen molar-refractivity contribution in [3.05, 3.63) is 52.7 Å². The van der Waals surface area contributed by atoms with E-state index in [-0.39, 0.29) is 0 Å². The molecular weight excluding hydrogens is 592 g/mol. The Balaban J connectivity index is 1.28. The lowest BCUT2D eigenvalue weighted by Crippen LogP contribution is -2.44. The number of hydrogen-bond acceptors (Lipinski definition) is 9. The summed E-state index contributed by atoms with van der Waals surface area (Å²) in [6.45, 7) is 3.93. The van der Waals surface area contributed by atoms with Crippen molar-refractivity contribution < 1.29 is 22.5 Å². The lowest BCUT2D eigenvalue weighted by atomic mass is 9.95. The molecule has 3 aliphatic heterocycles. The number of likely N-dealkylation sites (N-methyl/N-ethyl adjacent to an activating group) is 1. The standard InChI is InChI=1S/C30H37ClN6O5S/c1-34-14-5-8-22(34)19-42-30-32-25-18-37(26-10-4-7-20-6-3-9-24(31)27(20)26)17-13-23(25)28(33-30)36-15-11-21(12-16-36)29(38)35(2)43(39,40)41/h3-4,6-7,9-10,21-22H,5,8,11-19H2,1-2H3,(H,39,40,41)/t22-/m1/s1. The van der Waals surface area contributed by atoms with E-state index >= 15 is 0 Å². The number of hydrogen-bond donors (Lipinski definition) is 1. The second kappa shape index (κ2) is 12.1. The largest absolute Gasteiger partial charge is 0.462 e. The Morgan fingerprint density at radius 1 is 1.07 bits per heavy atom. The van der Waals surface area contributed by atoms with Gasteiger partial charge in [0.1, 0.15) is 12.4 Å². The molecule has 1 aromatic heterocycles. The van der Waals surface area contributed by atoms with Crippen LogP contribution in [-0.4, -0.2) is 91.0 Å². The summed E-state index contributed by atoms with van der Waals surface area (Å²) in [5.74, 6) is -0.286. The van der Waals surface area contributed by atoms with Crippen LogP contribution in [0.4, 0.5) is 11.5 Å². The van der Waals surface area contributed by atoms with Crippen molar-refractivity contribution in [1.82, 2.24) is 19.2 Å². The molecule has 13 heteroatoms. The quantitative estimate of drug-likeness (QED) is 0.387. The number of fused-ring (bicyclic) bond motifs is 2. The number of aromatic nitrogens is 2. The number of rotatable bonds is 7. The Kier molecular flexibility index (Phi) is 8.38. The number of piperidine rings is 1. The van der Waals surface area contributed by atoms with Crippen LogP contribution in [0.5, 0.6) is 6.01 Å². The van der Waals surface area contributed by atoms with Gasteiger partial charge in [-0.05, 0) is 63.2 Å². The van der Waals surface area contributed by atoms with E-state index in [0.717, 1.165) is 72.9 Å². The molecule has 2 aromatic carbocycles. The molecule has 0 bridgehead atoms. The van der Waals surface area contributed by atoms with Crippen LogP contribution in [0.1, 0.15) is 36.9 Å². The molecule has 1 atom stereocenters. The fraction of sp³-hybridized carbons (Fsp3) is 0.500. The number of nitrogens with zero attached hydrogens (tertiary/aromatic N) is 6. The first-order chi connectivity index (χ1) is 20.6. The van der Waals surface area contributed by atoms with Crippen molar-refractivity contribution in [1.29, 1.82) is 0 Å². The van der Waals surface area contributed by atoms with Crippen LogP contribution < -0.4 is 14.5 Å². The smallest absolute Gasteiger partial charge is 0.361 e. The van der Waals surface area contributed by atoms with Crippen LogP contribution >= 0.6 is 11.6 Å². The van der Waals surface area contributed by atoms with Crippen molar-refractivity contribution in [2.75, 3.05) is 56.7 Å². The van der Waals surface area contributed by atoms with Gasteiger partial charge in [0.15, 0.2) is 0 Å². The minimum absolute atomic E-state index is 0.318. The molecule has 0 spiro atoms. The molecule has 0 unspecified atom stereocenters. The van der Waals surface area contributed by atoms with Crippen LogP contribution in [0.3, 0.4) is 0 Å². The third-order valence-electron chi connectivity index (χ3n) is 9.07. The van der Waals surface area contributed by atoms with Gasteiger partial charge in [-0.25, -0.2) is 4.31 Å². The first-order valence-electron chi connectivity index (χ1n) is 14.8. The van der Waals surface area contributed by atoms with Gasteiger partial charge in [-0.1, -0.05) is 35.9 Å². The monoisotopic (exact) mass is 628 g/mol. The van der Waals surface area contributed by atoms with E-state index in [1.165, 1.54) is 0 Å². The zero-order chi connectivity index (χ0) is 30.3. The first kappa shape index (κ1) is 29.9. The van der Waals surface area contributed by atoms with Crippen LogP contribution in [-0.2, 0) is 28.1 Å². The molecule has 0 saturated carbocycles. The van der Waals surface area contributed by atoms with E-state index < -0.39 is 22.1 Å². The fourth-order valence-corrected chi connectivity index (χ4v) is 7.18. The summed E-state index contributed by atoms with van der Waals surface area (Å²) in [6.07, 6.45) is 3.83. The van der Waals surface area contributed by atoms with E-state index in [2.05, 4.69) is 39.9 Å². The van der Waals surface area contributed by atoms with Crippen LogP contribution in [0.2, 0.25) is 5.02 Å². The van der Waals surface area contributed by atoms with Crippen LogP contribution in [0, 0.1) is 5.92 Å². The van der Waals surface area contributed by atoms with Gasteiger partial charge in [0.25, 0.3) is 0 Å². The number of halogens is 1. The summed E-state index contributed by atoms with van der Waals surface area (Å²) in [5.41, 5.74) is 3.03. The van der Waals surface area contributed by atoms with E-state index in [1.807, 2.05) is 18.2 Å². The fourth-order valence-electron chi connectivity index (χ4n) is 6.53. The average Bonchev–Trinajstić information content (AvgIpc) is 3.42. The minimum atomic E-state index is -4.58. The highest BCUT2D eigenvalue weighted by Crippen LogP contribution is 2.37. The molecule has 2 saturated heterocycles. The highest BCUT2D eigenvalue weighted by molar-refractivity contribution is 7.83. The second-order valence-corrected chi connectivity index (χ2v) is 13.5. The van der Waals surface area contributed by atoms with Gasteiger partial charge in [-0.2, -0.15) is 18.4 Å². The third kappa shape index (κ3) is 6.11. The summed E-state index contributed by atoms with van der Waals surface area (Å²) in [6, 6.07) is 12.8. The SMILES string of the molecule is CN1CCC[C@@H]1COc1nc2c(c(N3CCC(C(=O)N(C)S(=O)(=O)O)CC3)n1)CCN(c1cccc3cccc(Cl)c13)C2. The number of amides is 1. The molecule has 2 fully saturated rings. The number of likely N-dealkylation sites (tertiary alicyclic amines) is 1. The van der Waals surface area contributed by atoms with Gasteiger partial charge in [-0.3, -0.25) is 9.35 Å². The molecule has 0 radical (unpaired) electrons. The molecular formula is C30H37ClN6O5S. The van der Waals surface area contributed by atoms with Gasteiger partial charge in [0.2, 0.25) is 5.91 Å². The van der Waals surface area contributed by atoms with E-state index in [4.69, 9.17) is 26.3 Å². The summed E-state index contributed by atoms with van der Waals surface area (Å²) >= 11 is 6.67. The van der Waals surface area contributed by atoms with E-state index in [9.17, 15) is 17.8 Å². The Morgan fingerprint density at radius 3 is 2.51 bits per heavy atom. The highest BCUT2D eigenvalue weighted by atomic mass is 35.5. The third-order valence-corrected chi connectivity index (χ3v) is 10.3. The zero-order valence-corrected chi connectivity index (χ0v) is 26.0. The Labute approximate surface area is 257 Å². The summed E-state index contributed by atoms with van der Waals surface area (Å²) < 4.78 is 39.0. The topological polar surface area (TPSA) is 119 Å². The molecule has 43 heavy (non-hydrogen) atoms. The van der Waals surface area contributed by atoms with Gasteiger partial charge in [-0.15, -0.1) is 0 Å². The van der Waals surface area contributed by atoms with E-state index in [1.54, 1.807) is 0 Å². The van der Waals surface area contributed by atoms with Crippen molar-refractivity contribution in [2.45, 2.75) is 44.7 Å². The lowest BCUT2D eigenvalue weighted by molar-refractivity contribution is -0.130. The summed E-state index contributed by atoms with van der Waals surface area (Å²) in [5, 5.41) is 2.82. The molecule has 1 amide bonds. The maximum atomic E-state index is 12.7. The summed E-state index contributed by atoms with van der Waals surface area (Å²) in [4.78, 5) is 29.3. The Hall–Kier alpha value is -3.19. The number of carbonyl (C=O) groups excluding carboxylic acids is 1. The summed E-state index contributed by atoms with van der Waals surface area (Å²) in [7, 11) is -1.38. The molecule has 6 rings (SSSR count). The number of ether oxygens (including phenoxy) is 1. The van der Waals surface area contributed by atoms with Crippen molar-refractivity contribution in [3.63, 3.8) is 0 Å². The van der Waals surface area contributed by atoms with Crippen molar-refractivity contribution in [2.24, 2.45) is 5.92 Å². The van der Waals surface area contributed by atoms with Gasteiger partial charge >= 0.3 is 16.3 Å². The second-order valence-electron chi connectivity index (χ2n) is 11.7. The number of benzene rings is 2. The highest BCUT2D eigenvalue weighted by Gasteiger charge is 2.34. The normalized spacial score (nSPS) is 20.0. The first-order valence-corrected chi connectivity index (χ1v) is 16.5. The van der Waals surface area contributed by atoms with Crippen LogP contribution in [0.25, 0.3) is 10.8 Å². The van der Waals surface area contributed by atoms with Gasteiger partial charge in [0.05, 0.1) is 17.3 Å². The van der Waals surface area contributed by atoms with Crippen molar-refractivity contribution >= 4 is 50.1 Å². The molecule has 1 N–H and O–H groups in total. The number of carbonyl (C=O) groups is 1. The van der Waals surface area contributed by atoms with Crippen molar-refractivity contribution in [3.8, 4) is 6.01 Å². The van der Waals surface area contributed by atoms with Gasteiger partial charge in [0, 0.05) is 55.3 Å². The predicted molar refractivity (Wildman–Crippen MR) is 166 cm³/mol. The minimum Gasteiger partial charge on any atom is -0.462 e. The molecule has 3 aromatic rings. The van der Waals surface area contributed by atoms with E-state index in [0.29, 0.717) is 60.5 Å². The zero-order valence-electron chi connectivity index (χ0n) is 24.4. The molecule has 11 nitrogen and oxygen atoms in total. The number of anilines is 2. The Morgan fingerprint density at radius 2 is 1.81 bits per heavy atom. The maximum absolute atomic E-state index is 12.7. The Bertz CT molecular complexity index is 1630. The molecule has 0 aliphatic carbocycles. The molecule has 4 heterocycles.